The Morgan fingerprint density at radius 3 is 2.57 bits per heavy atom. The zero-order valence-corrected chi connectivity index (χ0v) is 15.6. The summed E-state index contributed by atoms with van der Waals surface area (Å²) in [4.78, 5) is 9.11. The molecule has 0 aliphatic carbocycles. The molecule has 0 saturated carbocycles. The van der Waals surface area contributed by atoms with Gasteiger partial charge in [-0.3, -0.25) is 5.10 Å². The molecule has 0 unspecified atom stereocenters. The molecule has 2 heterocycles. The summed E-state index contributed by atoms with van der Waals surface area (Å²) in [5, 5.41) is 14.4. The fourth-order valence-electron chi connectivity index (χ4n) is 2.84. The van der Waals surface area contributed by atoms with Gasteiger partial charge in [-0.25, -0.2) is 0 Å². The molecule has 142 valence electrons. The van der Waals surface area contributed by atoms with Crippen molar-refractivity contribution in [3.8, 4) is 11.5 Å². The topological polar surface area (TPSA) is 97.0 Å². The molecule has 4 aromatic rings. The third-order valence-corrected chi connectivity index (χ3v) is 4.29. The van der Waals surface area contributed by atoms with E-state index in [1.54, 1.807) is 20.4 Å². The number of hydrogen-bond donors (Lipinski definition) is 3. The maximum Gasteiger partial charge on any atom is 0.227 e. The van der Waals surface area contributed by atoms with Crippen LogP contribution in [0.25, 0.3) is 11.0 Å². The van der Waals surface area contributed by atoms with Crippen LogP contribution in [0.15, 0.2) is 54.7 Å². The van der Waals surface area contributed by atoms with Crippen LogP contribution in [0.3, 0.4) is 0 Å². The van der Waals surface area contributed by atoms with Crippen molar-refractivity contribution < 1.29 is 9.47 Å². The summed E-state index contributed by atoms with van der Waals surface area (Å²) in [6.45, 7) is 0.533. The van der Waals surface area contributed by atoms with Gasteiger partial charge in [-0.2, -0.15) is 15.1 Å². The Bertz CT molecular complexity index is 1080. The number of benzene rings is 2. The van der Waals surface area contributed by atoms with Crippen LogP contribution in [0.5, 0.6) is 11.5 Å². The summed E-state index contributed by atoms with van der Waals surface area (Å²) >= 11 is 0. The monoisotopic (exact) mass is 376 g/mol. The minimum Gasteiger partial charge on any atom is -0.497 e. The molecule has 8 nitrogen and oxygen atoms in total. The lowest BCUT2D eigenvalue weighted by Gasteiger charge is -2.12. The van der Waals surface area contributed by atoms with Crippen LogP contribution in [-0.4, -0.2) is 34.4 Å². The molecule has 0 atom stereocenters. The number of methoxy groups -OCH3 is 2. The van der Waals surface area contributed by atoms with E-state index >= 15 is 0 Å². The van der Waals surface area contributed by atoms with Crippen molar-refractivity contribution in [2.24, 2.45) is 0 Å². The maximum absolute atomic E-state index is 5.39. The number of aromatic amines is 1. The first kappa shape index (κ1) is 17.6. The molecule has 2 aromatic carbocycles. The van der Waals surface area contributed by atoms with Gasteiger partial charge in [0.15, 0.2) is 5.65 Å². The number of nitrogens with one attached hydrogen (secondary N) is 3. The highest BCUT2D eigenvalue weighted by molar-refractivity contribution is 5.89. The Labute approximate surface area is 161 Å². The van der Waals surface area contributed by atoms with Gasteiger partial charge in [0, 0.05) is 17.8 Å². The first-order valence-electron chi connectivity index (χ1n) is 8.75. The van der Waals surface area contributed by atoms with E-state index in [9.17, 15) is 0 Å². The van der Waals surface area contributed by atoms with Gasteiger partial charge < -0.3 is 20.1 Å². The molecule has 2 aromatic heterocycles. The van der Waals surface area contributed by atoms with Crippen LogP contribution in [0.2, 0.25) is 0 Å². The van der Waals surface area contributed by atoms with E-state index in [1.807, 2.05) is 48.5 Å². The number of hydrogen-bond acceptors (Lipinski definition) is 7. The second-order valence-corrected chi connectivity index (χ2v) is 6.05. The third-order valence-electron chi connectivity index (χ3n) is 4.29. The van der Waals surface area contributed by atoms with Crippen molar-refractivity contribution in [1.29, 1.82) is 0 Å². The van der Waals surface area contributed by atoms with E-state index in [0.717, 1.165) is 28.1 Å². The van der Waals surface area contributed by atoms with Crippen LogP contribution < -0.4 is 20.1 Å². The predicted octanol–water partition coefficient (Wildman–Crippen LogP) is 3.73. The van der Waals surface area contributed by atoms with Crippen molar-refractivity contribution in [3.63, 3.8) is 0 Å². The number of rotatable bonds is 7. The highest BCUT2D eigenvalue weighted by atomic mass is 16.5. The van der Waals surface area contributed by atoms with Gasteiger partial charge in [0.05, 0.1) is 25.8 Å². The summed E-state index contributed by atoms with van der Waals surface area (Å²) in [6.07, 6.45) is 1.70. The van der Waals surface area contributed by atoms with Crippen LogP contribution >= 0.6 is 0 Å². The molecule has 28 heavy (non-hydrogen) atoms. The van der Waals surface area contributed by atoms with Crippen LogP contribution in [0.4, 0.5) is 17.5 Å². The third kappa shape index (κ3) is 3.66. The van der Waals surface area contributed by atoms with E-state index in [4.69, 9.17) is 9.47 Å². The lowest BCUT2D eigenvalue weighted by atomic mass is 10.2. The van der Waals surface area contributed by atoms with Gasteiger partial charge in [-0.1, -0.05) is 18.2 Å². The lowest BCUT2D eigenvalue weighted by molar-refractivity contribution is 0.410. The molecule has 0 bridgehead atoms. The number of H-pyrrole nitrogens is 1. The Balaban J connectivity index is 1.59. The second kappa shape index (κ2) is 7.83. The number of para-hydroxylation sites is 1. The summed E-state index contributed by atoms with van der Waals surface area (Å²) in [6, 6.07) is 15.4. The Morgan fingerprint density at radius 1 is 0.964 bits per heavy atom. The molecular formula is C20H20N6O2. The standard InChI is InChI=1S/C20H20N6O2/c1-27-15-9-7-14(8-10-15)23-18-16-12-22-26-19(16)25-20(24-18)21-11-13-5-3-4-6-17(13)28-2/h3-10,12H,11H2,1-2H3,(H3,21,22,23,24,25,26). The average molecular weight is 376 g/mol. The van der Waals surface area contributed by atoms with Gasteiger partial charge in [-0.05, 0) is 30.3 Å². The number of aromatic nitrogens is 4. The summed E-state index contributed by atoms with van der Waals surface area (Å²) < 4.78 is 10.6. The van der Waals surface area contributed by atoms with Gasteiger partial charge in [-0.15, -0.1) is 0 Å². The Hall–Kier alpha value is -3.81. The quantitative estimate of drug-likeness (QED) is 0.452. The molecule has 0 radical (unpaired) electrons. The number of fused-ring (bicyclic) bond motifs is 1. The normalized spacial score (nSPS) is 10.6. The van der Waals surface area contributed by atoms with Crippen molar-refractivity contribution in [2.45, 2.75) is 6.54 Å². The van der Waals surface area contributed by atoms with Crippen molar-refractivity contribution >= 4 is 28.5 Å². The maximum atomic E-state index is 5.39. The van der Waals surface area contributed by atoms with Crippen molar-refractivity contribution in [3.05, 3.63) is 60.3 Å². The molecule has 0 fully saturated rings. The van der Waals surface area contributed by atoms with Crippen LogP contribution in [0, 0.1) is 0 Å². The van der Waals surface area contributed by atoms with E-state index in [-0.39, 0.29) is 0 Å². The molecule has 3 N–H and O–H groups in total. The van der Waals surface area contributed by atoms with Crippen LogP contribution in [0.1, 0.15) is 5.56 Å². The minimum absolute atomic E-state index is 0.485. The van der Waals surface area contributed by atoms with E-state index in [0.29, 0.717) is 24.0 Å². The highest BCUT2D eigenvalue weighted by Gasteiger charge is 2.11. The van der Waals surface area contributed by atoms with Gasteiger partial charge in [0.1, 0.15) is 17.3 Å². The zero-order chi connectivity index (χ0) is 19.3. The van der Waals surface area contributed by atoms with E-state index in [2.05, 4.69) is 30.8 Å². The SMILES string of the molecule is COc1ccc(Nc2nc(NCc3ccccc3OC)nc3[nH]ncc23)cc1. The van der Waals surface area contributed by atoms with Gasteiger partial charge in [0.2, 0.25) is 5.95 Å². The molecule has 0 saturated heterocycles. The van der Waals surface area contributed by atoms with Gasteiger partial charge >= 0.3 is 0 Å². The smallest absolute Gasteiger partial charge is 0.227 e. The van der Waals surface area contributed by atoms with Gasteiger partial charge in [0.25, 0.3) is 0 Å². The molecule has 8 heteroatoms. The largest absolute Gasteiger partial charge is 0.497 e. The molecule has 0 spiro atoms. The second-order valence-electron chi connectivity index (χ2n) is 6.05. The number of ether oxygens (including phenoxy) is 2. The molecular weight excluding hydrogens is 356 g/mol. The summed E-state index contributed by atoms with van der Waals surface area (Å²) in [5.41, 5.74) is 2.55. The molecule has 0 aliphatic rings. The summed E-state index contributed by atoms with van der Waals surface area (Å²) in [7, 11) is 3.30. The molecule has 4 rings (SSSR count). The number of anilines is 3. The zero-order valence-electron chi connectivity index (χ0n) is 15.6. The van der Waals surface area contributed by atoms with Crippen molar-refractivity contribution in [1.82, 2.24) is 20.2 Å². The Morgan fingerprint density at radius 2 is 1.79 bits per heavy atom. The van der Waals surface area contributed by atoms with Crippen LogP contribution in [-0.2, 0) is 6.54 Å². The first-order valence-corrected chi connectivity index (χ1v) is 8.75. The Kier molecular flexibility index (Phi) is 4.92. The number of nitrogens with zero attached hydrogens (tertiary/aromatic N) is 3. The van der Waals surface area contributed by atoms with E-state index in [1.165, 1.54) is 0 Å². The molecule has 0 amide bonds. The first-order chi connectivity index (χ1) is 13.8. The minimum atomic E-state index is 0.485. The summed E-state index contributed by atoms with van der Waals surface area (Å²) in [5.74, 6) is 2.75. The molecule has 0 aliphatic heterocycles. The predicted molar refractivity (Wildman–Crippen MR) is 108 cm³/mol. The van der Waals surface area contributed by atoms with Crippen molar-refractivity contribution in [2.75, 3.05) is 24.9 Å². The van der Waals surface area contributed by atoms with E-state index < -0.39 is 0 Å². The fourth-order valence-corrected chi connectivity index (χ4v) is 2.84. The highest BCUT2D eigenvalue weighted by Crippen LogP contribution is 2.26. The fraction of sp³-hybridized carbons (Fsp3) is 0.150. The lowest BCUT2D eigenvalue weighted by Crippen LogP contribution is -2.07. The average Bonchev–Trinajstić information content (AvgIpc) is 3.22.